The fourth-order valence-corrected chi connectivity index (χ4v) is 2.53. The molecule has 0 aliphatic carbocycles. The first kappa shape index (κ1) is 17.3. The van der Waals surface area contributed by atoms with E-state index in [0.29, 0.717) is 12.2 Å². The van der Waals surface area contributed by atoms with E-state index in [-0.39, 0.29) is 0 Å². The molecule has 0 atom stereocenters. The van der Waals surface area contributed by atoms with Crippen LogP contribution in [-0.4, -0.2) is 26.6 Å². The Morgan fingerprint density at radius 1 is 1.04 bits per heavy atom. The summed E-state index contributed by atoms with van der Waals surface area (Å²) in [7, 11) is 0. The van der Waals surface area contributed by atoms with Gasteiger partial charge < -0.3 is 10.6 Å². The largest absolute Gasteiger partial charge is 0.344 e. The van der Waals surface area contributed by atoms with Crippen LogP contribution in [0.3, 0.4) is 0 Å². The molecule has 0 unspecified atom stereocenters. The molecule has 0 radical (unpaired) electrons. The van der Waals surface area contributed by atoms with Gasteiger partial charge >= 0.3 is 11.8 Å². The van der Waals surface area contributed by atoms with Crippen molar-refractivity contribution in [2.45, 2.75) is 20.4 Å². The van der Waals surface area contributed by atoms with Gasteiger partial charge in [-0.2, -0.15) is 5.10 Å². The van der Waals surface area contributed by atoms with Gasteiger partial charge in [-0.25, -0.2) is 9.67 Å². The monoisotopic (exact) mass is 349 g/mol. The van der Waals surface area contributed by atoms with E-state index in [0.717, 1.165) is 22.4 Å². The van der Waals surface area contributed by atoms with E-state index in [4.69, 9.17) is 0 Å². The van der Waals surface area contributed by atoms with E-state index in [1.54, 1.807) is 35.3 Å². The quantitative estimate of drug-likeness (QED) is 0.706. The van der Waals surface area contributed by atoms with Crippen LogP contribution in [0.15, 0.2) is 55.1 Å². The third-order valence-corrected chi connectivity index (χ3v) is 3.95. The third kappa shape index (κ3) is 4.13. The average molecular weight is 349 g/mol. The topological polar surface area (TPSA) is 88.9 Å². The molecule has 7 nitrogen and oxygen atoms in total. The summed E-state index contributed by atoms with van der Waals surface area (Å²) in [5, 5.41) is 9.24. The molecule has 0 spiro atoms. The zero-order chi connectivity index (χ0) is 18.5. The molecule has 2 amide bonds. The number of rotatable bonds is 4. The van der Waals surface area contributed by atoms with Crippen molar-refractivity contribution in [3.63, 3.8) is 0 Å². The highest BCUT2D eigenvalue weighted by atomic mass is 16.2. The van der Waals surface area contributed by atoms with Gasteiger partial charge in [-0.3, -0.25) is 9.59 Å². The Hall–Kier alpha value is -3.48. The van der Waals surface area contributed by atoms with E-state index in [2.05, 4.69) is 20.7 Å². The van der Waals surface area contributed by atoms with Crippen LogP contribution in [-0.2, 0) is 16.1 Å². The van der Waals surface area contributed by atoms with Gasteiger partial charge in [0, 0.05) is 12.2 Å². The summed E-state index contributed by atoms with van der Waals surface area (Å²) in [4.78, 5) is 27.9. The summed E-state index contributed by atoms with van der Waals surface area (Å²) >= 11 is 0. The molecule has 0 aliphatic rings. The van der Waals surface area contributed by atoms with Crippen LogP contribution >= 0.6 is 0 Å². The lowest BCUT2D eigenvalue weighted by Gasteiger charge is -2.09. The summed E-state index contributed by atoms with van der Waals surface area (Å²) < 4.78 is 1.60. The molecule has 7 heteroatoms. The Morgan fingerprint density at radius 2 is 1.81 bits per heavy atom. The van der Waals surface area contributed by atoms with Gasteiger partial charge in [-0.15, -0.1) is 0 Å². The Labute approximate surface area is 151 Å². The van der Waals surface area contributed by atoms with E-state index in [1.165, 1.54) is 6.33 Å². The number of aromatic nitrogens is 3. The summed E-state index contributed by atoms with van der Waals surface area (Å²) in [5.74, 6) is -1.38. The van der Waals surface area contributed by atoms with Crippen LogP contribution in [0.5, 0.6) is 0 Å². The van der Waals surface area contributed by atoms with Gasteiger partial charge in [-0.05, 0) is 49.2 Å². The van der Waals surface area contributed by atoms with Gasteiger partial charge in [0.05, 0.1) is 5.69 Å². The SMILES string of the molecule is Cc1ccc(CNC(=O)C(=O)Nc2ccc(-n3cncn3)cc2)c(C)c1. The van der Waals surface area contributed by atoms with Gasteiger partial charge in [0.15, 0.2) is 0 Å². The summed E-state index contributed by atoms with van der Waals surface area (Å²) in [6, 6.07) is 12.9. The number of nitrogens with zero attached hydrogens (tertiary/aromatic N) is 3. The maximum atomic E-state index is 12.0. The molecule has 26 heavy (non-hydrogen) atoms. The highest BCUT2D eigenvalue weighted by Gasteiger charge is 2.14. The minimum atomic E-state index is -0.705. The lowest BCUT2D eigenvalue weighted by molar-refractivity contribution is -0.136. The Bertz CT molecular complexity index is 918. The number of hydrogen-bond donors (Lipinski definition) is 2. The summed E-state index contributed by atoms with van der Waals surface area (Å²) in [6.07, 6.45) is 3.02. The van der Waals surface area contributed by atoms with Crippen LogP contribution in [0.4, 0.5) is 5.69 Å². The van der Waals surface area contributed by atoms with Gasteiger partial charge in [0.1, 0.15) is 12.7 Å². The number of aryl methyl sites for hydroxylation is 2. The molecular weight excluding hydrogens is 330 g/mol. The van der Waals surface area contributed by atoms with Crippen LogP contribution < -0.4 is 10.6 Å². The smallest absolute Gasteiger partial charge is 0.313 e. The van der Waals surface area contributed by atoms with Gasteiger partial charge in [0.2, 0.25) is 0 Å². The predicted octanol–water partition coefficient (Wildman–Crippen LogP) is 2.14. The number of carbonyl (C=O) groups excluding carboxylic acids is 2. The predicted molar refractivity (Wildman–Crippen MR) is 97.8 cm³/mol. The highest BCUT2D eigenvalue weighted by Crippen LogP contribution is 2.12. The van der Waals surface area contributed by atoms with Crippen molar-refractivity contribution >= 4 is 17.5 Å². The summed E-state index contributed by atoms with van der Waals surface area (Å²) in [5.41, 5.74) is 4.55. The van der Waals surface area contributed by atoms with Crippen molar-refractivity contribution in [1.29, 1.82) is 0 Å². The van der Waals surface area contributed by atoms with Crippen LogP contribution in [0, 0.1) is 13.8 Å². The first-order chi connectivity index (χ1) is 12.5. The molecule has 132 valence electrons. The molecule has 2 aromatic carbocycles. The van der Waals surface area contributed by atoms with Crippen LogP contribution in [0.25, 0.3) is 5.69 Å². The first-order valence-corrected chi connectivity index (χ1v) is 8.13. The second-order valence-electron chi connectivity index (χ2n) is 5.95. The van der Waals surface area contributed by atoms with Crippen LogP contribution in [0.1, 0.15) is 16.7 Å². The minimum Gasteiger partial charge on any atom is -0.344 e. The van der Waals surface area contributed by atoms with Gasteiger partial charge in [-0.1, -0.05) is 23.8 Å². The second kappa shape index (κ2) is 7.60. The Morgan fingerprint density at radius 3 is 2.46 bits per heavy atom. The molecule has 1 heterocycles. The molecule has 0 fully saturated rings. The fraction of sp³-hybridized carbons (Fsp3) is 0.158. The molecular formula is C19H19N5O2. The number of nitrogens with one attached hydrogen (secondary N) is 2. The van der Waals surface area contributed by atoms with Crippen LogP contribution in [0.2, 0.25) is 0 Å². The number of amides is 2. The summed E-state index contributed by atoms with van der Waals surface area (Å²) in [6.45, 7) is 4.30. The molecule has 0 saturated carbocycles. The van der Waals surface area contributed by atoms with E-state index in [9.17, 15) is 9.59 Å². The van der Waals surface area contributed by atoms with E-state index in [1.807, 2.05) is 32.0 Å². The van der Waals surface area contributed by atoms with E-state index < -0.39 is 11.8 Å². The normalized spacial score (nSPS) is 10.4. The lowest BCUT2D eigenvalue weighted by Crippen LogP contribution is -2.35. The zero-order valence-electron chi connectivity index (χ0n) is 14.6. The van der Waals surface area contributed by atoms with Crippen molar-refractivity contribution in [2.75, 3.05) is 5.32 Å². The Balaban J connectivity index is 1.56. The minimum absolute atomic E-state index is 0.309. The number of anilines is 1. The molecule has 0 saturated heterocycles. The molecule has 3 aromatic rings. The molecule has 3 rings (SSSR count). The maximum Gasteiger partial charge on any atom is 0.313 e. The Kier molecular flexibility index (Phi) is 5.07. The maximum absolute atomic E-state index is 12.0. The number of hydrogen-bond acceptors (Lipinski definition) is 4. The molecule has 0 bridgehead atoms. The van der Waals surface area contributed by atoms with Crippen molar-refractivity contribution < 1.29 is 9.59 Å². The van der Waals surface area contributed by atoms with Crippen molar-refractivity contribution in [3.8, 4) is 5.69 Å². The average Bonchev–Trinajstić information content (AvgIpc) is 3.16. The number of carbonyl (C=O) groups is 2. The first-order valence-electron chi connectivity index (χ1n) is 8.13. The highest BCUT2D eigenvalue weighted by molar-refractivity contribution is 6.39. The van der Waals surface area contributed by atoms with Crippen molar-refractivity contribution in [3.05, 3.63) is 71.8 Å². The van der Waals surface area contributed by atoms with Crippen molar-refractivity contribution in [2.24, 2.45) is 0 Å². The second-order valence-corrected chi connectivity index (χ2v) is 5.95. The molecule has 0 aliphatic heterocycles. The lowest BCUT2D eigenvalue weighted by atomic mass is 10.1. The molecule has 2 N–H and O–H groups in total. The standard InChI is InChI=1S/C19H19N5O2/c1-13-3-4-15(14(2)9-13)10-21-18(25)19(26)23-16-5-7-17(8-6-16)24-12-20-11-22-24/h3-9,11-12H,10H2,1-2H3,(H,21,25)(H,23,26). The zero-order valence-corrected chi connectivity index (χ0v) is 14.6. The van der Waals surface area contributed by atoms with E-state index >= 15 is 0 Å². The third-order valence-electron chi connectivity index (χ3n) is 3.95. The fourth-order valence-electron chi connectivity index (χ4n) is 2.53. The van der Waals surface area contributed by atoms with Crippen molar-refractivity contribution in [1.82, 2.24) is 20.1 Å². The molecule has 1 aromatic heterocycles. The number of benzene rings is 2. The van der Waals surface area contributed by atoms with Gasteiger partial charge in [0.25, 0.3) is 0 Å².